The van der Waals surface area contributed by atoms with E-state index in [1.807, 2.05) is 5.43 Å². The Morgan fingerprint density at radius 2 is 2.06 bits per heavy atom. The van der Waals surface area contributed by atoms with E-state index in [0.717, 1.165) is 5.75 Å². The van der Waals surface area contributed by atoms with Crippen LogP contribution in [0.5, 0.6) is 5.75 Å². The van der Waals surface area contributed by atoms with Crippen LogP contribution in [0.2, 0.25) is 0 Å². The summed E-state index contributed by atoms with van der Waals surface area (Å²) in [5.74, 6) is 5.91. The molecule has 0 saturated heterocycles. The third-order valence-corrected chi connectivity index (χ3v) is 2.11. The molecule has 0 spiro atoms. The van der Waals surface area contributed by atoms with Crippen molar-refractivity contribution in [1.29, 1.82) is 0 Å². The number of nitrogens with zero attached hydrogens (tertiary/aromatic N) is 2. The highest BCUT2D eigenvalue weighted by Crippen LogP contribution is 2.22. The smallest absolute Gasteiger partial charge is 0.336 e. The van der Waals surface area contributed by atoms with Crippen molar-refractivity contribution in [3.05, 3.63) is 24.3 Å². The monoisotopic (exact) mass is 249 g/mol. The van der Waals surface area contributed by atoms with Gasteiger partial charge in [-0.2, -0.15) is 0 Å². The number of ether oxygens (including phenoxy) is 1. The highest BCUT2D eigenvalue weighted by molar-refractivity contribution is 5.86. The number of amides is 2. The number of carbonyl (C=O) groups is 1. The number of carbonyl (C=O) groups excluding carboxylic acids is 1. The maximum atomic E-state index is 10.9. The van der Waals surface area contributed by atoms with Gasteiger partial charge in [0.05, 0.1) is 7.11 Å². The molecule has 8 nitrogen and oxygen atoms in total. The van der Waals surface area contributed by atoms with Crippen LogP contribution in [0.25, 0.3) is 11.5 Å². The van der Waals surface area contributed by atoms with Gasteiger partial charge in [0.2, 0.25) is 5.89 Å². The molecule has 0 aliphatic carbocycles. The van der Waals surface area contributed by atoms with Gasteiger partial charge in [-0.05, 0) is 24.3 Å². The normalized spacial score (nSPS) is 9.89. The molecule has 2 aromatic rings. The summed E-state index contributed by atoms with van der Waals surface area (Å²) in [6.45, 7) is 0. The first kappa shape index (κ1) is 11.9. The van der Waals surface area contributed by atoms with Crippen LogP contribution >= 0.6 is 0 Å². The second-order valence-corrected chi connectivity index (χ2v) is 3.24. The van der Waals surface area contributed by atoms with E-state index < -0.39 is 6.03 Å². The van der Waals surface area contributed by atoms with Gasteiger partial charge in [0.15, 0.2) is 0 Å². The van der Waals surface area contributed by atoms with E-state index in [1.165, 1.54) is 0 Å². The minimum Gasteiger partial charge on any atom is -0.497 e. The average Bonchev–Trinajstić information content (AvgIpc) is 2.87. The topological polar surface area (TPSA) is 115 Å². The number of anilines is 1. The summed E-state index contributed by atoms with van der Waals surface area (Å²) in [5, 5.41) is 9.70. The van der Waals surface area contributed by atoms with Crippen molar-refractivity contribution < 1.29 is 13.9 Å². The van der Waals surface area contributed by atoms with Gasteiger partial charge >= 0.3 is 12.0 Å². The van der Waals surface area contributed by atoms with Gasteiger partial charge in [-0.3, -0.25) is 10.7 Å². The zero-order chi connectivity index (χ0) is 13.0. The molecule has 0 unspecified atom stereocenters. The molecule has 0 radical (unpaired) electrons. The number of methoxy groups -OCH3 is 1. The molecule has 0 fully saturated rings. The number of rotatable bonds is 3. The van der Waals surface area contributed by atoms with Crippen LogP contribution in [0.4, 0.5) is 10.8 Å². The van der Waals surface area contributed by atoms with Crippen molar-refractivity contribution in [3.63, 3.8) is 0 Å². The number of aromatic nitrogens is 2. The van der Waals surface area contributed by atoms with Crippen LogP contribution in [0.1, 0.15) is 0 Å². The Balaban J connectivity index is 2.15. The van der Waals surface area contributed by atoms with E-state index in [2.05, 4.69) is 15.5 Å². The molecule has 0 bridgehead atoms. The summed E-state index contributed by atoms with van der Waals surface area (Å²) in [6, 6.07) is 6.38. The molecule has 2 amide bonds. The highest BCUT2D eigenvalue weighted by atomic mass is 16.5. The summed E-state index contributed by atoms with van der Waals surface area (Å²) in [5.41, 5.74) is 2.60. The van der Waals surface area contributed by atoms with Crippen molar-refractivity contribution in [2.75, 3.05) is 12.4 Å². The van der Waals surface area contributed by atoms with Gasteiger partial charge in [-0.1, -0.05) is 5.10 Å². The highest BCUT2D eigenvalue weighted by Gasteiger charge is 2.10. The van der Waals surface area contributed by atoms with E-state index in [1.54, 1.807) is 31.4 Å². The van der Waals surface area contributed by atoms with E-state index in [4.69, 9.17) is 15.0 Å². The Labute approximate surface area is 102 Å². The number of hydrogen-bond donors (Lipinski definition) is 3. The third kappa shape index (κ3) is 2.55. The lowest BCUT2D eigenvalue weighted by atomic mass is 10.2. The summed E-state index contributed by atoms with van der Waals surface area (Å²) in [4.78, 5) is 10.9. The van der Waals surface area contributed by atoms with Gasteiger partial charge in [-0.15, -0.1) is 5.10 Å². The Bertz CT molecular complexity index is 537. The van der Waals surface area contributed by atoms with Crippen LogP contribution in [0.3, 0.4) is 0 Å². The summed E-state index contributed by atoms with van der Waals surface area (Å²) in [6.07, 6.45) is 0. The van der Waals surface area contributed by atoms with E-state index >= 15 is 0 Å². The minimum atomic E-state index is -0.639. The van der Waals surface area contributed by atoms with Gasteiger partial charge < -0.3 is 9.15 Å². The maximum absolute atomic E-state index is 10.9. The van der Waals surface area contributed by atoms with Crippen molar-refractivity contribution in [3.8, 4) is 17.2 Å². The Kier molecular flexibility index (Phi) is 3.39. The fraction of sp³-hybridized carbons (Fsp3) is 0.100. The second kappa shape index (κ2) is 5.15. The summed E-state index contributed by atoms with van der Waals surface area (Å²) < 4.78 is 10.3. The summed E-state index contributed by atoms with van der Waals surface area (Å²) >= 11 is 0. The minimum absolute atomic E-state index is 0.0382. The number of hydrazine groups is 1. The molecule has 2 rings (SSSR count). The van der Waals surface area contributed by atoms with Crippen molar-refractivity contribution >= 4 is 12.0 Å². The third-order valence-electron chi connectivity index (χ3n) is 2.11. The van der Waals surface area contributed by atoms with Gasteiger partial charge in [-0.25, -0.2) is 10.6 Å². The zero-order valence-corrected chi connectivity index (χ0v) is 9.51. The molecule has 0 atom stereocenters. The molecule has 18 heavy (non-hydrogen) atoms. The first-order valence-corrected chi connectivity index (χ1v) is 4.98. The predicted molar refractivity (Wildman–Crippen MR) is 62.6 cm³/mol. The standard InChI is InChI=1S/C10H11N5O3/c1-17-7-4-2-6(3-5-7)8-14-15-10(18-8)12-9(16)13-11/h2-5H,11H2,1H3,(H2,12,13,15,16). The molecule has 1 aromatic carbocycles. The molecule has 94 valence electrons. The lowest BCUT2D eigenvalue weighted by Crippen LogP contribution is -2.34. The zero-order valence-electron chi connectivity index (χ0n) is 9.51. The molecule has 0 aliphatic heterocycles. The lowest BCUT2D eigenvalue weighted by molar-refractivity contribution is 0.251. The fourth-order valence-electron chi connectivity index (χ4n) is 1.26. The van der Waals surface area contributed by atoms with Crippen molar-refractivity contribution in [2.24, 2.45) is 5.84 Å². The molecular formula is C10H11N5O3. The van der Waals surface area contributed by atoms with Crippen molar-refractivity contribution in [2.45, 2.75) is 0 Å². The summed E-state index contributed by atoms with van der Waals surface area (Å²) in [7, 11) is 1.58. The van der Waals surface area contributed by atoms with Crippen LogP contribution < -0.4 is 21.3 Å². The van der Waals surface area contributed by atoms with E-state index in [9.17, 15) is 4.79 Å². The van der Waals surface area contributed by atoms with Crippen LogP contribution in [0, 0.1) is 0 Å². The molecule has 1 heterocycles. The van der Waals surface area contributed by atoms with Gasteiger partial charge in [0, 0.05) is 5.56 Å². The second-order valence-electron chi connectivity index (χ2n) is 3.24. The predicted octanol–water partition coefficient (Wildman–Crippen LogP) is 0.740. The molecule has 8 heteroatoms. The average molecular weight is 249 g/mol. The quantitative estimate of drug-likeness (QED) is 0.420. The van der Waals surface area contributed by atoms with Crippen molar-refractivity contribution in [1.82, 2.24) is 15.6 Å². The lowest BCUT2D eigenvalue weighted by Gasteiger charge is -1.99. The fourth-order valence-corrected chi connectivity index (χ4v) is 1.26. The van der Waals surface area contributed by atoms with E-state index in [0.29, 0.717) is 5.56 Å². The Morgan fingerprint density at radius 3 is 2.67 bits per heavy atom. The Hall–Kier alpha value is -2.61. The molecule has 1 aromatic heterocycles. The first-order valence-electron chi connectivity index (χ1n) is 4.98. The number of nitrogens with one attached hydrogen (secondary N) is 2. The Morgan fingerprint density at radius 1 is 1.33 bits per heavy atom. The molecular weight excluding hydrogens is 238 g/mol. The number of hydrogen-bond acceptors (Lipinski definition) is 6. The van der Waals surface area contributed by atoms with Gasteiger partial charge in [0.25, 0.3) is 0 Å². The van der Waals surface area contributed by atoms with Gasteiger partial charge in [0.1, 0.15) is 5.75 Å². The molecule has 4 N–H and O–H groups in total. The largest absolute Gasteiger partial charge is 0.497 e. The molecule has 0 aliphatic rings. The van der Waals surface area contributed by atoms with Crippen LogP contribution in [0.15, 0.2) is 28.7 Å². The van der Waals surface area contributed by atoms with E-state index in [-0.39, 0.29) is 11.9 Å². The number of benzene rings is 1. The SMILES string of the molecule is COc1ccc(-c2nnc(NC(=O)NN)o2)cc1. The van der Waals surface area contributed by atoms with Crippen LogP contribution in [-0.4, -0.2) is 23.3 Å². The maximum Gasteiger partial charge on any atom is 0.336 e. The number of urea groups is 1. The van der Waals surface area contributed by atoms with Crippen LogP contribution in [-0.2, 0) is 0 Å². The first-order chi connectivity index (χ1) is 8.72. The molecule has 0 saturated carbocycles. The number of nitrogens with two attached hydrogens (primary N) is 1.